The molecule has 0 aromatic carbocycles. The van der Waals surface area contributed by atoms with E-state index in [9.17, 15) is 14.9 Å². The standard InChI is InChI=1S/C8H11N3O4/c1-5(4-9)10-8(12)6-2-3-7(15-6)11(13)14/h2-3,5H,4,9H2,1H3,(H,10,12). The summed E-state index contributed by atoms with van der Waals surface area (Å²) < 4.78 is 4.70. The van der Waals surface area contributed by atoms with Crippen molar-refractivity contribution >= 4 is 11.8 Å². The number of furan rings is 1. The van der Waals surface area contributed by atoms with E-state index in [1.165, 1.54) is 6.07 Å². The highest BCUT2D eigenvalue weighted by molar-refractivity contribution is 5.91. The van der Waals surface area contributed by atoms with Crippen molar-refractivity contribution < 1.29 is 14.1 Å². The van der Waals surface area contributed by atoms with E-state index in [2.05, 4.69) is 5.32 Å². The fourth-order valence-corrected chi connectivity index (χ4v) is 0.902. The van der Waals surface area contributed by atoms with Gasteiger partial charge in [0.05, 0.1) is 6.07 Å². The minimum absolute atomic E-state index is 0.0954. The van der Waals surface area contributed by atoms with E-state index in [1.807, 2.05) is 0 Å². The summed E-state index contributed by atoms with van der Waals surface area (Å²) >= 11 is 0. The molecule has 0 saturated heterocycles. The molecular formula is C8H11N3O4. The highest BCUT2D eigenvalue weighted by Crippen LogP contribution is 2.15. The average molecular weight is 213 g/mol. The van der Waals surface area contributed by atoms with Crippen molar-refractivity contribution in [3.63, 3.8) is 0 Å². The molecule has 0 bridgehead atoms. The van der Waals surface area contributed by atoms with Gasteiger partial charge in [-0.15, -0.1) is 0 Å². The number of nitro groups is 1. The summed E-state index contributed by atoms with van der Waals surface area (Å²) in [6.07, 6.45) is 0. The van der Waals surface area contributed by atoms with Crippen LogP contribution in [0.4, 0.5) is 5.88 Å². The van der Waals surface area contributed by atoms with Crippen molar-refractivity contribution in [3.05, 3.63) is 28.0 Å². The molecule has 7 heteroatoms. The molecule has 1 unspecified atom stereocenters. The highest BCUT2D eigenvalue weighted by Gasteiger charge is 2.17. The minimum atomic E-state index is -0.705. The summed E-state index contributed by atoms with van der Waals surface area (Å²) in [4.78, 5) is 20.9. The molecule has 0 aliphatic carbocycles. The van der Waals surface area contributed by atoms with Crippen LogP contribution in [0, 0.1) is 10.1 Å². The number of rotatable bonds is 4. The van der Waals surface area contributed by atoms with Gasteiger partial charge in [-0.2, -0.15) is 0 Å². The van der Waals surface area contributed by atoms with Crippen molar-refractivity contribution in [2.75, 3.05) is 6.54 Å². The van der Waals surface area contributed by atoms with Gasteiger partial charge in [0.25, 0.3) is 5.91 Å². The maximum Gasteiger partial charge on any atom is 0.433 e. The Morgan fingerprint density at radius 1 is 1.73 bits per heavy atom. The lowest BCUT2D eigenvalue weighted by Crippen LogP contribution is -2.37. The minimum Gasteiger partial charge on any atom is -0.395 e. The zero-order valence-corrected chi connectivity index (χ0v) is 8.10. The molecule has 82 valence electrons. The summed E-state index contributed by atoms with van der Waals surface area (Å²) in [6, 6.07) is 2.17. The Labute approximate surface area is 85.4 Å². The van der Waals surface area contributed by atoms with Gasteiger partial charge in [-0.05, 0) is 13.0 Å². The fraction of sp³-hybridized carbons (Fsp3) is 0.375. The van der Waals surface area contributed by atoms with Gasteiger partial charge in [-0.3, -0.25) is 14.9 Å². The Balaban J connectivity index is 2.70. The van der Waals surface area contributed by atoms with Crippen molar-refractivity contribution in [2.45, 2.75) is 13.0 Å². The topological polar surface area (TPSA) is 111 Å². The summed E-state index contributed by atoms with van der Waals surface area (Å²) in [6.45, 7) is 2.00. The van der Waals surface area contributed by atoms with Gasteiger partial charge in [0.2, 0.25) is 0 Å². The van der Waals surface area contributed by atoms with Gasteiger partial charge < -0.3 is 15.5 Å². The van der Waals surface area contributed by atoms with Crippen LogP contribution < -0.4 is 11.1 Å². The summed E-state index contributed by atoms with van der Waals surface area (Å²) in [5.41, 5.74) is 5.30. The van der Waals surface area contributed by atoms with E-state index in [0.29, 0.717) is 0 Å². The second-order valence-electron chi connectivity index (χ2n) is 3.01. The third kappa shape index (κ3) is 2.78. The summed E-state index contributed by atoms with van der Waals surface area (Å²) in [7, 11) is 0. The van der Waals surface area contributed by atoms with Crippen LogP contribution in [0.5, 0.6) is 0 Å². The largest absolute Gasteiger partial charge is 0.433 e. The first-order chi connectivity index (χ1) is 7.04. The molecule has 0 radical (unpaired) electrons. The van der Waals surface area contributed by atoms with Crippen molar-refractivity contribution in [1.29, 1.82) is 0 Å². The molecule has 7 nitrogen and oxygen atoms in total. The molecule has 0 aliphatic rings. The van der Waals surface area contributed by atoms with E-state index in [4.69, 9.17) is 10.2 Å². The zero-order chi connectivity index (χ0) is 11.4. The predicted molar refractivity (Wildman–Crippen MR) is 51.3 cm³/mol. The van der Waals surface area contributed by atoms with Gasteiger partial charge in [0.1, 0.15) is 4.92 Å². The number of amides is 1. The molecule has 0 spiro atoms. The molecule has 3 N–H and O–H groups in total. The first kappa shape index (κ1) is 11.2. The second kappa shape index (κ2) is 4.56. The van der Waals surface area contributed by atoms with Crippen LogP contribution in [0.1, 0.15) is 17.5 Å². The van der Waals surface area contributed by atoms with Crippen LogP contribution in [0.2, 0.25) is 0 Å². The van der Waals surface area contributed by atoms with Crippen molar-refractivity contribution in [3.8, 4) is 0 Å². The maximum absolute atomic E-state index is 11.4. The van der Waals surface area contributed by atoms with Gasteiger partial charge in [-0.1, -0.05) is 0 Å². The van der Waals surface area contributed by atoms with Gasteiger partial charge >= 0.3 is 5.88 Å². The third-order valence-electron chi connectivity index (χ3n) is 1.73. The van der Waals surface area contributed by atoms with Gasteiger partial charge in [-0.25, -0.2) is 0 Å². The van der Waals surface area contributed by atoms with E-state index in [1.54, 1.807) is 6.92 Å². The molecule has 0 saturated carbocycles. The van der Waals surface area contributed by atoms with Crippen LogP contribution in [0.3, 0.4) is 0 Å². The van der Waals surface area contributed by atoms with Crippen LogP contribution in [0.25, 0.3) is 0 Å². The Kier molecular flexibility index (Phi) is 3.40. The number of nitrogens with one attached hydrogen (secondary N) is 1. The molecular weight excluding hydrogens is 202 g/mol. The van der Waals surface area contributed by atoms with Crippen LogP contribution >= 0.6 is 0 Å². The van der Waals surface area contributed by atoms with E-state index in [-0.39, 0.29) is 18.3 Å². The van der Waals surface area contributed by atoms with Crippen molar-refractivity contribution in [2.24, 2.45) is 5.73 Å². The molecule has 0 aliphatic heterocycles. The molecule has 1 heterocycles. The van der Waals surface area contributed by atoms with E-state index >= 15 is 0 Å². The lowest BCUT2D eigenvalue weighted by molar-refractivity contribution is -0.402. The Morgan fingerprint density at radius 3 is 2.87 bits per heavy atom. The lowest BCUT2D eigenvalue weighted by Gasteiger charge is -2.08. The van der Waals surface area contributed by atoms with Gasteiger partial charge in [0.15, 0.2) is 5.76 Å². The molecule has 1 atom stereocenters. The monoisotopic (exact) mass is 213 g/mol. The zero-order valence-electron chi connectivity index (χ0n) is 8.10. The highest BCUT2D eigenvalue weighted by atomic mass is 16.6. The molecule has 1 aromatic heterocycles. The van der Waals surface area contributed by atoms with Crippen LogP contribution in [0.15, 0.2) is 16.5 Å². The maximum atomic E-state index is 11.4. The number of carbonyl (C=O) groups is 1. The number of hydrogen-bond acceptors (Lipinski definition) is 5. The van der Waals surface area contributed by atoms with E-state index < -0.39 is 16.7 Å². The molecule has 1 amide bonds. The quantitative estimate of drug-likeness (QED) is 0.550. The Bertz CT molecular complexity index is 374. The molecule has 1 rings (SSSR count). The Morgan fingerprint density at radius 2 is 2.40 bits per heavy atom. The first-order valence-electron chi connectivity index (χ1n) is 4.29. The van der Waals surface area contributed by atoms with Crippen LogP contribution in [-0.2, 0) is 0 Å². The lowest BCUT2D eigenvalue weighted by atomic mass is 10.3. The predicted octanol–water partition coefficient (Wildman–Crippen LogP) is 0.265. The smallest absolute Gasteiger partial charge is 0.395 e. The first-order valence-corrected chi connectivity index (χ1v) is 4.29. The summed E-state index contributed by atoms with van der Waals surface area (Å²) in [5, 5.41) is 12.8. The molecule has 15 heavy (non-hydrogen) atoms. The normalized spacial score (nSPS) is 12.1. The Hall–Kier alpha value is -1.89. The molecule has 1 aromatic rings. The van der Waals surface area contributed by atoms with Gasteiger partial charge in [0, 0.05) is 12.6 Å². The van der Waals surface area contributed by atoms with E-state index in [0.717, 1.165) is 6.07 Å². The number of carbonyl (C=O) groups excluding carboxylic acids is 1. The summed E-state index contributed by atoms with van der Waals surface area (Å²) in [5.74, 6) is -1.07. The molecule has 0 fully saturated rings. The number of hydrogen-bond donors (Lipinski definition) is 2. The average Bonchev–Trinajstić information content (AvgIpc) is 2.66. The number of nitrogens with zero attached hydrogens (tertiary/aromatic N) is 1. The van der Waals surface area contributed by atoms with Crippen LogP contribution in [-0.4, -0.2) is 23.4 Å². The third-order valence-corrected chi connectivity index (χ3v) is 1.73. The fourth-order valence-electron chi connectivity index (χ4n) is 0.902. The number of nitrogens with two attached hydrogens (primary N) is 1. The second-order valence-corrected chi connectivity index (χ2v) is 3.01. The van der Waals surface area contributed by atoms with Crippen molar-refractivity contribution in [1.82, 2.24) is 5.32 Å². The SMILES string of the molecule is CC(CN)NC(=O)c1ccc([N+](=O)[O-])o1.